The molecule has 2 saturated heterocycles. The van der Waals surface area contributed by atoms with Gasteiger partial charge in [-0.2, -0.15) is 0 Å². The lowest BCUT2D eigenvalue weighted by Gasteiger charge is -2.35. The van der Waals surface area contributed by atoms with Crippen molar-refractivity contribution in [3.8, 4) is 0 Å². The van der Waals surface area contributed by atoms with Crippen LogP contribution in [0.4, 0.5) is 0 Å². The van der Waals surface area contributed by atoms with Gasteiger partial charge in [0.25, 0.3) is 0 Å². The van der Waals surface area contributed by atoms with E-state index in [2.05, 4.69) is 16.8 Å². The molecule has 1 N–H and O–H groups in total. The summed E-state index contributed by atoms with van der Waals surface area (Å²) in [5, 5.41) is 8.56. The Labute approximate surface area is 109 Å². The van der Waals surface area contributed by atoms with Crippen LogP contribution >= 0.6 is 0 Å². The predicted molar refractivity (Wildman–Crippen MR) is 68.7 cm³/mol. The molecule has 0 aromatic carbocycles. The van der Waals surface area contributed by atoms with Crippen molar-refractivity contribution >= 4 is 5.97 Å². The van der Waals surface area contributed by atoms with Gasteiger partial charge in [-0.05, 0) is 32.9 Å². The highest BCUT2D eigenvalue weighted by Crippen LogP contribution is 2.21. The topological polar surface area (TPSA) is 53.0 Å². The Kier molecular flexibility index (Phi) is 4.97. The van der Waals surface area contributed by atoms with Crippen LogP contribution in [-0.4, -0.2) is 72.9 Å². The Bertz CT molecular complexity index is 277. The predicted octanol–water partition coefficient (Wildman–Crippen LogP) is 0.646. The van der Waals surface area contributed by atoms with Gasteiger partial charge in [-0.1, -0.05) is 0 Å². The van der Waals surface area contributed by atoms with E-state index in [1.165, 1.54) is 19.5 Å². The lowest BCUT2D eigenvalue weighted by atomic mass is 10.0. The zero-order valence-corrected chi connectivity index (χ0v) is 11.2. The van der Waals surface area contributed by atoms with E-state index < -0.39 is 5.97 Å². The largest absolute Gasteiger partial charge is 0.481 e. The van der Waals surface area contributed by atoms with E-state index >= 15 is 0 Å². The number of rotatable bonds is 5. The molecule has 0 aliphatic carbocycles. The Morgan fingerprint density at radius 3 is 2.56 bits per heavy atom. The molecular formula is C13H24N2O3. The van der Waals surface area contributed by atoms with Crippen molar-refractivity contribution in [1.29, 1.82) is 0 Å². The van der Waals surface area contributed by atoms with Gasteiger partial charge in [0, 0.05) is 25.7 Å². The van der Waals surface area contributed by atoms with Crippen LogP contribution in [0.5, 0.6) is 0 Å². The summed E-state index contributed by atoms with van der Waals surface area (Å²) in [5.41, 5.74) is 0. The fourth-order valence-electron chi connectivity index (χ4n) is 2.93. The second-order valence-corrected chi connectivity index (χ2v) is 5.45. The highest BCUT2D eigenvalue weighted by Gasteiger charge is 2.29. The lowest BCUT2D eigenvalue weighted by molar-refractivity contribution is -0.138. The SMILES string of the molecule is CN1CCC(N2CCC(OCCC(=O)O)CC2)C1. The highest BCUT2D eigenvalue weighted by molar-refractivity contribution is 5.66. The number of carboxylic acids is 1. The van der Waals surface area contributed by atoms with Gasteiger partial charge in [-0.3, -0.25) is 9.69 Å². The Hall–Kier alpha value is -0.650. The molecule has 0 saturated carbocycles. The molecule has 1 atom stereocenters. The molecule has 2 rings (SSSR count). The van der Waals surface area contributed by atoms with Gasteiger partial charge >= 0.3 is 5.97 Å². The summed E-state index contributed by atoms with van der Waals surface area (Å²) >= 11 is 0. The number of nitrogens with zero attached hydrogens (tertiary/aromatic N) is 2. The van der Waals surface area contributed by atoms with Crippen LogP contribution in [0.3, 0.4) is 0 Å². The minimum atomic E-state index is -0.776. The second-order valence-electron chi connectivity index (χ2n) is 5.45. The molecule has 104 valence electrons. The molecule has 0 aromatic rings. The van der Waals surface area contributed by atoms with Crippen molar-refractivity contribution in [3.05, 3.63) is 0 Å². The molecule has 2 aliphatic heterocycles. The molecule has 2 heterocycles. The van der Waals surface area contributed by atoms with E-state index in [0.717, 1.165) is 32.0 Å². The Balaban J connectivity index is 1.63. The summed E-state index contributed by atoms with van der Waals surface area (Å²) in [6.07, 6.45) is 3.74. The number of ether oxygens (including phenoxy) is 1. The molecule has 1 unspecified atom stereocenters. The third-order valence-corrected chi connectivity index (χ3v) is 4.03. The molecule has 5 nitrogen and oxygen atoms in total. The zero-order valence-electron chi connectivity index (χ0n) is 11.2. The van der Waals surface area contributed by atoms with E-state index in [4.69, 9.17) is 9.84 Å². The summed E-state index contributed by atoms with van der Waals surface area (Å²) in [4.78, 5) is 15.4. The number of carbonyl (C=O) groups is 1. The first-order valence-corrected chi connectivity index (χ1v) is 6.91. The Morgan fingerprint density at radius 2 is 2.00 bits per heavy atom. The van der Waals surface area contributed by atoms with Gasteiger partial charge in [0.05, 0.1) is 19.1 Å². The van der Waals surface area contributed by atoms with E-state index in [9.17, 15) is 4.79 Å². The van der Waals surface area contributed by atoms with E-state index in [1.54, 1.807) is 0 Å². The maximum atomic E-state index is 10.4. The summed E-state index contributed by atoms with van der Waals surface area (Å²) in [6.45, 7) is 4.93. The second kappa shape index (κ2) is 6.50. The molecule has 0 bridgehead atoms. The zero-order chi connectivity index (χ0) is 13.0. The Morgan fingerprint density at radius 1 is 1.28 bits per heavy atom. The molecule has 0 spiro atoms. The van der Waals surface area contributed by atoms with Gasteiger partial charge in [-0.25, -0.2) is 0 Å². The number of aliphatic carboxylic acids is 1. The van der Waals surface area contributed by atoms with E-state index in [0.29, 0.717) is 6.61 Å². The minimum absolute atomic E-state index is 0.119. The average Bonchev–Trinajstić information content (AvgIpc) is 2.76. The number of carboxylic acid groups (broad SMARTS) is 1. The van der Waals surface area contributed by atoms with Crippen molar-refractivity contribution in [1.82, 2.24) is 9.80 Å². The third kappa shape index (κ3) is 3.93. The van der Waals surface area contributed by atoms with Crippen molar-refractivity contribution in [2.75, 3.05) is 39.8 Å². The van der Waals surface area contributed by atoms with Crippen LogP contribution in [0.25, 0.3) is 0 Å². The lowest BCUT2D eigenvalue weighted by Crippen LogP contribution is -2.44. The minimum Gasteiger partial charge on any atom is -0.481 e. The molecule has 0 aromatic heterocycles. The van der Waals surface area contributed by atoms with Gasteiger partial charge < -0.3 is 14.7 Å². The first-order valence-electron chi connectivity index (χ1n) is 6.91. The fourth-order valence-corrected chi connectivity index (χ4v) is 2.93. The first kappa shape index (κ1) is 13.8. The molecule has 2 aliphatic rings. The number of hydrogen-bond donors (Lipinski definition) is 1. The highest BCUT2D eigenvalue weighted by atomic mass is 16.5. The molecule has 5 heteroatoms. The summed E-state index contributed by atoms with van der Waals surface area (Å²) in [6, 6.07) is 0.718. The summed E-state index contributed by atoms with van der Waals surface area (Å²) in [5.74, 6) is -0.776. The normalized spacial score (nSPS) is 27.7. The van der Waals surface area contributed by atoms with Crippen molar-refractivity contribution in [2.45, 2.75) is 37.8 Å². The number of piperidine rings is 1. The number of hydrogen-bond acceptors (Lipinski definition) is 4. The maximum absolute atomic E-state index is 10.4. The smallest absolute Gasteiger partial charge is 0.305 e. The van der Waals surface area contributed by atoms with E-state index in [1.807, 2.05) is 0 Å². The van der Waals surface area contributed by atoms with Crippen LogP contribution in [-0.2, 0) is 9.53 Å². The van der Waals surface area contributed by atoms with Crippen LogP contribution in [0.2, 0.25) is 0 Å². The van der Waals surface area contributed by atoms with Crippen LogP contribution in [0, 0.1) is 0 Å². The first-order chi connectivity index (χ1) is 8.65. The molecule has 0 radical (unpaired) electrons. The molecule has 2 fully saturated rings. The monoisotopic (exact) mass is 256 g/mol. The number of likely N-dealkylation sites (tertiary alicyclic amines) is 2. The van der Waals surface area contributed by atoms with Crippen molar-refractivity contribution < 1.29 is 14.6 Å². The van der Waals surface area contributed by atoms with Gasteiger partial charge in [0.2, 0.25) is 0 Å². The maximum Gasteiger partial charge on any atom is 0.305 e. The fraction of sp³-hybridized carbons (Fsp3) is 0.923. The quantitative estimate of drug-likeness (QED) is 0.782. The van der Waals surface area contributed by atoms with Crippen molar-refractivity contribution in [2.24, 2.45) is 0 Å². The van der Waals surface area contributed by atoms with Crippen LogP contribution in [0.1, 0.15) is 25.7 Å². The van der Waals surface area contributed by atoms with Crippen LogP contribution in [0.15, 0.2) is 0 Å². The average molecular weight is 256 g/mol. The van der Waals surface area contributed by atoms with Gasteiger partial charge in [0.15, 0.2) is 0 Å². The molecule has 18 heavy (non-hydrogen) atoms. The van der Waals surface area contributed by atoms with Gasteiger partial charge in [0.1, 0.15) is 0 Å². The van der Waals surface area contributed by atoms with Crippen LogP contribution < -0.4 is 0 Å². The number of likely N-dealkylation sites (N-methyl/N-ethyl adjacent to an activating group) is 1. The summed E-state index contributed by atoms with van der Waals surface area (Å²) < 4.78 is 5.61. The molecular weight excluding hydrogens is 232 g/mol. The third-order valence-electron chi connectivity index (χ3n) is 4.03. The molecule has 0 amide bonds. The van der Waals surface area contributed by atoms with E-state index in [-0.39, 0.29) is 12.5 Å². The summed E-state index contributed by atoms with van der Waals surface area (Å²) in [7, 11) is 2.18. The van der Waals surface area contributed by atoms with Gasteiger partial charge in [-0.15, -0.1) is 0 Å². The standard InChI is InChI=1S/C13H24N2O3/c1-14-6-2-11(10-14)15-7-3-12(4-8-15)18-9-5-13(16)17/h11-12H,2-10H2,1H3,(H,16,17). The van der Waals surface area contributed by atoms with Crippen molar-refractivity contribution in [3.63, 3.8) is 0 Å².